The highest BCUT2D eigenvalue weighted by Gasteiger charge is 2.41. The lowest BCUT2D eigenvalue weighted by molar-refractivity contribution is -0.116. The van der Waals surface area contributed by atoms with Crippen LogP contribution < -0.4 is 10.6 Å². The molecule has 1 amide bonds. The summed E-state index contributed by atoms with van der Waals surface area (Å²) in [4.78, 5) is 19.4. The molecule has 4 aromatic rings. The van der Waals surface area contributed by atoms with E-state index >= 15 is 0 Å². The van der Waals surface area contributed by atoms with E-state index in [4.69, 9.17) is 16.6 Å². The highest BCUT2D eigenvalue weighted by Crippen LogP contribution is 2.39. The summed E-state index contributed by atoms with van der Waals surface area (Å²) in [7, 11) is 0. The summed E-state index contributed by atoms with van der Waals surface area (Å²) in [6.07, 6.45) is 5.81. The molecule has 0 spiro atoms. The van der Waals surface area contributed by atoms with Gasteiger partial charge in [0.05, 0.1) is 30.6 Å². The van der Waals surface area contributed by atoms with Crippen molar-refractivity contribution in [3.05, 3.63) is 108 Å². The number of hydrogen-bond acceptors (Lipinski definition) is 4. The molecule has 1 aliphatic heterocycles. The molecular weight excluding hydrogens is 458 g/mol. The van der Waals surface area contributed by atoms with E-state index in [0.29, 0.717) is 24.6 Å². The Kier molecular flexibility index (Phi) is 6.63. The van der Waals surface area contributed by atoms with Crippen LogP contribution in [0.2, 0.25) is 0 Å². The monoisotopic (exact) mass is 485 g/mol. The number of rotatable bonds is 8. The number of benzene rings is 1. The van der Waals surface area contributed by atoms with Crippen molar-refractivity contribution in [1.82, 2.24) is 19.8 Å². The van der Waals surface area contributed by atoms with Crippen molar-refractivity contribution in [1.29, 1.82) is 0 Å². The van der Waals surface area contributed by atoms with Gasteiger partial charge >= 0.3 is 0 Å². The number of furan rings is 1. The lowest BCUT2D eigenvalue weighted by Crippen LogP contribution is -2.33. The first kappa shape index (κ1) is 22.9. The van der Waals surface area contributed by atoms with E-state index in [1.54, 1.807) is 12.5 Å². The van der Waals surface area contributed by atoms with Crippen LogP contribution in [0.15, 0.2) is 89.8 Å². The molecule has 7 nitrogen and oxygen atoms in total. The third-order valence-corrected chi connectivity index (χ3v) is 6.54. The van der Waals surface area contributed by atoms with Crippen LogP contribution in [-0.4, -0.2) is 32.0 Å². The molecule has 1 aromatic carbocycles. The number of amides is 1. The molecular formula is C27H27N5O2S. The molecule has 1 aliphatic rings. The van der Waals surface area contributed by atoms with Crippen LogP contribution in [0.4, 0.5) is 5.69 Å². The highest BCUT2D eigenvalue weighted by molar-refractivity contribution is 7.80. The van der Waals surface area contributed by atoms with Gasteiger partial charge in [0, 0.05) is 36.7 Å². The minimum atomic E-state index is -0.144. The van der Waals surface area contributed by atoms with Crippen LogP contribution >= 0.6 is 12.2 Å². The number of aromatic nitrogens is 2. The smallest absolute Gasteiger partial charge is 0.226 e. The van der Waals surface area contributed by atoms with Crippen LogP contribution in [0.25, 0.3) is 0 Å². The number of carbonyl (C=O) groups excluding carboxylic acids is 1. The van der Waals surface area contributed by atoms with Crippen molar-refractivity contribution in [3.8, 4) is 0 Å². The van der Waals surface area contributed by atoms with Crippen molar-refractivity contribution in [2.24, 2.45) is 0 Å². The average molecular weight is 486 g/mol. The first-order valence-electron chi connectivity index (χ1n) is 11.6. The predicted octanol–water partition coefficient (Wildman–Crippen LogP) is 4.83. The third-order valence-electron chi connectivity index (χ3n) is 6.19. The summed E-state index contributed by atoms with van der Waals surface area (Å²) in [5.41, 5.74) is 3.91. The zero-order valence-electron chi connectivity index (χ0n) is 19.4. The lowest BCUT2D eigenvalue weighted by Gasteiger charge is -2.28. The van der Waals surface area contributed by atoms with Gasteiger partial charge in [0.2, 0.25) is 5.91 Å². The normalized spacial score (nSPS) is 17.4. The number of nitrogens with zero attached hydrogens (tertiary/aromatic N) is 3. The largest absolute Gasteiger partial charge is 0.467 e. The number of thiocarbonyl (C=S) groups is 1. The first-order chi connectivity index (χ1) is 17.1. The SMILES string of the molecule is Cc1ccc(NC(=O)CCN2C(=S)N[C@@H](c3ccccn3)[C@@H]2c2cccn2Cc2ccco2)cc1. The average Bonchev–Trinajstić information content (AvgIpc) is 3.61. The third kappa shape index (κ3) is 5.12. The molecule has 3 aromatic heterocycles. The summed E-state index contributed by atoms with van der Waals surface area (Å²) < 4.78 is 7.75. The lowest BCUT2D eigenvalue weighted by atomic mass is 10.0. The molecule has 2 atom stereocenters. The Hall–Kier alpha value is -3.91. The molecule has 8 heteroatoms. The quantitative estimate of drug-likeness (QED) is 0.348. The second-order valence-electron chi connectivity index (χ2n) is 8.62. The van der Waals surface area contributed by atoms with Crippen LogP contribution in [0.5, 0.6) is 0 Å². The van der Waals surface area contributed by atoms with Crippen LogP contribution in [0, 0.1) is 6.92 Å². The van der Waals surface area contributed by atoms with Crippen molar-refractivity contribution in [3.63, 3.8) is 0 Å². The molecule has 1 saturated heterocycles. The molecule has 2 N–H and O–H groups in total. The van der Waals surface area contributed by atoms with Gasteiger partial charge in [-0.25, -0.2) is 0 Å². The molecule has 0 saturated carbocycles. The van der Waals surface area contributed by atoms with Crippen molar-refractivity contribution in [2.45, 2.75) is 32.0 Å². The summed E-state index contributed by atoms with van der Waals surface area (Å²) in [5.74, 6) is 0.817. The van der Waals surface area contributed by atoms with Crippen molar-refractivity contribution in [2.75, 3.05) is 11.9 Å². The number of carbonyl (C=O) groups is 1. The van der Waals surface area contributed by atoms with Gasteiger partial charge in [-0.3, -0.25) is 9.78 Å². The Labute approximate surface area is 209 Å². The maximum Gasteiger partial charge on any atom is 0.226 e. The fourth-order valence-corrected chi connectivity index (χ4v) is 4.79. The zero-order chi connectivity index (χ0) is 24.2. The van der Waals surface area contributed by atoms with Crippen LogP contribution in [0.1, 0.15) is 41.2 Å². The molecule has 1 fully saturated rings. The molecule has 0 unspecified atom stereocenters. The van der Waals surface area contributed by atoms with E-state index in [0.717, 1.165) is 28.4 Å². The molecule has 0 aliphatic carbocycles. The summed E-state index contributed by atoms with van der Waals surface area (Å²) in [6, 6.07) is 21.4. The van der Waals surface area contributed by atoms with E-state index in [2.05, 4.69) is 31.2 Å². The second kappa shape index (κ2) is 10.1. The maximum atomic E-state index is 12.8. The minimum absolute atomic E-state index is 0.0531. The van der Waals surface area contributed by atoms with Gasteiger partial charge in [-0.05, 0) is 67.7 Å². The Bertz CT molecular complexity index is 1280. The van der Waals surface area contributed by atoms with E-state index in [-0.39, 0.29) is 18.0 Å². The molecule has 35 heavy (non-hydrogen) atoms. The number of aryl methyl sites for hydroxylation is 1. The zero-order valence-corrected chi connectivity index (χ0v) is 20.2. The van der Waals surface area contributed by atoms with Gasteiger partial charge in [0.1, 0.15) is 5.76 Å². The first-order valence-corrected chi connectivity index (χ1v) is 12.0. The van der Waals surface area contributed by atoms with Gasteiger partial charge in [0.15, 0.2) is 5.11 Å². The Morgan fingerprint density at radius 3 is 2.71 bits per heavy atom. The maximum absolute atomic E-state index is 12.8. The number of nitrogens with one attached hydrogen (secondary N) is 2. The van der Waals surface area contributed by atoms with E-state index < -0.39 is 0 Å². The van der Waals surface area contributed by atoms with Gasteiger partial charge in [-0.15, -0.1) is 0 Å². The van der Waals surface area contributed by atoms with Crippen LogP contribution in [-0.2, 0) is 11.3 Å². The van der Waals surface area contributed by atoms with E-state index in [9.17, 15) is 4.79 Å². The standard InChI is InChI=1S/C27H27N5O2S/c1-19-9-11-20(12-10-19)29-24(33)13-16-32-26(25(30-27(32)35)22-7-2-3-14-28-22)23-8-4-15-31(23)18-21-6-5-17-34-21/h2-12,14-15,17,25-26H,13,16,18H2,1H3,(H,29,33)(H,30,35)/t25-,26-/m0/s1. The molecule has 4 heterocycles. The number of hydrogen-bond donors (Lipinski definition) is 2. The van der Waals surface area contributed by atoms with Crippen LogP contribution in [0.3, 0.4) is 0 Å². The topological polar surface area (TPSA) is 75.3 Å². The van der Waals surface area contributed by atoms with Gasteiger partial charge < -0.3 is 24.5 Å². The Morgan fingerprint density at radius 2 is 1.97 bits per heavy atom. The fourth-order valence-electron chi connectivity index (χ4n) is 4.46. The van der Waals surface area contributed by atoms with Gasteiger partial charge in [-0.1, -0.05) is 23.8 Å². The van der Waals surface area contributed by atoms with Gasteiger partial charge in [-0.2, -0.15) is 0 Å². The number of pyridine rings is 1. The highest BCUT2D eigenvalue weighted by atomic mass is 32.1. The van der Waals surface area contributed by atoms with E-state index in [1.165, 1.54) is 0 Å². The Morgan fingerprint density at radius 1 is 1.11 bits per heavy atom. The minimum Gasteiger partial charge on any atom is -0.467 e. The van der Waals surface area contributed by atoms with E-state index in [1.807, 2.05) is 73.8 Å². The molecule has 0 radical (unpaired) electrons. The Balaban J connectivity index is 1.39. The fraction of sp³-hybridized carbons (Fsp3) is 0.222. The van der Waals surface area contributed by atoms with Gasteiger partial charge in [0.25, 0.3) is 0 Å². The summed E-state index contributed by atoms with van der Waals surface area (Å²) >= 11 is 5.75. The number of anilines is 1. The summed E-state index contributed by atoms with van der Waals surface area (Å²) in [6.45, 7) is 3.10. The van der Waals surface area contributed by atoms with Crippen molar-refractivity contribution < 1.29 is 9.21 Å². The molecule has 5 rings (SSSR count). The molecule has 0 bridgehead atoms. The predicted molar refractivity (Wildman–Crippen MR) is 139 cm³/mol. The van der Waals surface area contributed by atoms with Crippen molar-refractivity contribution >= 4 is 28.9 Å². The summed E-state index contributed by atoms with van der Waals surface area (Å²) in [5, 5.41) is 7.04. The molecule has 178 valence electrons. The second-order valence-corrected chi connectivity index (χ2v) is 9.01.